The van der Waals surface area contributed by atoms with Crippen LogP contribution in [0.5, 0.6) is 28.7 Å². The maximum Gasteiger partial charge on any atom is 0.340 e. The van der Waals surface area contributed by atoms with Gasteiger partial charge in [-0.3, -0.25) is 29.3 Å². The predicted octanol–water partition coefficient (Wildman–Crippen LogP) is 8.24. The monoisotopic (exact) mass is 1080 g/mol. The molecule has 1 aromatic heterocycles. The lowest BCUT2D eigenvalue weighted by molar-refractivity contribution is -0.384. The van der Waals surface area contributed by atoms with Crippen LogP contribution in [-0.4, -0.2) is 97.1 Å². The molecule has 1 saturated heterocycles. The summed E-state index contributed by atoms with van der Waals surface area (Å²) >= 11 is 1.14. The van der Waals surface area contributed by atoms with E-state index in [9.17, 15) is 43.7 Å². The third kappa shape index (κ3) is 15.2. The van der Waals surface area contributed by atoms with Crippen molar-refractivity contribution >= 4 is 69.0 Å². The highest BCUT2D eigenvalue weighted by atomic mass is 32.1. The molecule has 0 radical (unpaired) electrons. The van der Waals surface area contributed by atoms with E-state index < -0.39 is 76.5 Å². The number of carbonyl (C=O) groups is 7. The number of carbonyl (C=O) groups excluding carboxylic acids is 7. The molecule has 0 amide bonds. The van der Waals surface area contributed by atoms with Crippen LogP contribution in [0.15, 0.2) is 110 Å². The number of thiazole rings is 1. The fraction of sp³-hybridized carbons (Fsp3) is 0.345. The number of aromatic nitrogens is 1. The number of hydrogen-bond acceptors (Lipinski definition) is 21. The highest BCUT2D eigenvalue weighted by Crippen LogP contribution is 2.43. The van der Waals surface area contributed by atoms with Gasteiger partial charge in [-0.15, -0.1) is 11.3 Å². The second-order valence-electron chi connectivity index (χ2n) is 18.1. The number of ether oxygens (including phenoxy) is 10. The number of non-ortho nitro benzene ring substituents is 1. The fourth-order valence-electron chi connectivity index (χ4n) is 8.42. The van der Waals surface area contributed by atoms with Crippen molar-refractivity contribution in [2.24, 2.45) is 23.7 Å². The van der Waals surface area contributed by atoms with Gasteiger partial charge in [0.1, 0.15) is 51.8 Å². The summed E-state index contributed by atoms with van der Waals surface area (Å²) in [6.45, 7) is 7.00. The summed E-state index contributed by atoms with van der Waals surface area (Å²) in [4.78, 5) is 105. The van der Waals surface area contributed by atoms with Crippen molar-refractivity contribution in [1.82, 2.24) is 4.98 Å². The molecular formula is C55H52N2O19S. The molecule has 0 N–H and O–H groups in total. The fourth-order valence-corrected chi connectivity index (χ4v) is 9.46. The van der Waals surface area contributed by atoms with E-state index in [0.717, 1.165) is 23.5 Å². The summed E-state index contributed by atoms with van der Waals surface area (Å²) in [7, 11) is 0. The molecule has 1 aliphatic heterocycles. The summed E-state index contributed by atoms with van der Waals surface area (Å²) in [5.41, 5.74) is 0.897. The van der Waals surface area contributed by atoms with Crippen LogP contribution in [0.25, 0.3) is 20.8 Å². The first-order valence-electron chi connectivity index (χ1n) is 24.6. The molecule has 2 unspecified atom stereocenters. The molecular weight excluding hydrogens is 1020 g/mol. The average Bonchev–Trinajstić information content (AvgIpc) is 4.18. The number of nitro benzene ring substituents is 1. The molecule has 2 saturated carbocycles. The Morgan fingerprint density at radius 2 is 1.16 bits per heavy atom. The molecule has 2 aliphatic carbocycles. The molecule has 8 rings (SSSR count). The Morgan fingerprint density at radius 1 is 0.649 bits per heavy atom. The summed E-state index contributed by atoms with van der Waals surface area (Å²) in [5, 5.41) is 11.8. The molecule has 0 bridgehead atoms. The van der Waals surface area contributed by atoms with Crippen molar-refractivity contribution < 1.29 is 85.9 Å². The number of benzene rings is 4. The highest BCUT2D eigenvalue weighted by Gasteiger charge is 2.35. The van der Waals surface area contributed by atoms with Crippen LogP contribution in [0, 0.1) is 33.8 Å². The zero-order valence-corrected chi connectivity index (χ0v) is 42.2. The lowest BCUT2D eigenvalue weighted by Gasteiger charge is -2.26. The van der Waals surface area contributed by atoms with Crippen LogP contribution in [0.1, 0.15) is 61.7 Å². The molecule has 77 heavy (non-hydrogen) atoms. The second-order valence-corrected chi connectivity index (χ2v) is 19.1. The van der Waals surface area contributed by atoms with Gasteiger partial charge in [0.15, 0.2) is 24.4 Å². The Bertz CT molecular complexity index is 2990. The normalized spacial score (nSPS) is 19.0. The third-order valence-electron chi connectivity index (χ3n) is 12.8. The Kier molecular flexibility index (Phi) is 18.5. The molecule has 0 spiro atoms. The van der Waals surface area contributed by atoms with E-state index in [-0.39, 0.29) is 65.9 Å². The quantitative estimate of drug-likeness (QED) is 0.00685. The van der Waals surface area contributed by atoms with E-state index in [4.69, 9.17) is 52.4 Å². The summed E-state index contributed by atoms with van der Waals surface area (Å²) in [6, 6.07) is 20.9. The second kappa shape index (κ2) is 25.9. The van der Waals surface area contributed by atoms with E-state index in [0.29, 0.717) is 85.6 Å². The number of epoxide rings is 1. The van der Waals surface area contributed by atoms with Crippen molar-refractivity contribution in [2.75, 3.05) is 33.2 Å². The lowest BCUT2D eigenvalue weighted by atomic mass is 9.82. The maximum atomic E-state index is 13.7. The first-order valence-corrected chi connectivity index (χ1v) is 25.4. The Morgan fingerprint density at radius 3 is 1.69 bits per heavy atom. The molecule has 2 heterocycles. The minimum atomic E-state index is -0.935. The standard InChI is InChI=1S/C55H52N2O19S/c1-3-46(58)70-30-43(72-47(59)4-2)29-68-39-21-23-41(24-22-39)74-53(62)35-7-11-37(12-8-35)55(64)76-45-26-25-44(48-49(45)77-50(56-48)32-13-17-38(18-14-32)57(65)66)75-54(63)36-9-5-34(6-10-36)52(61)73-40-19-15-33(16-20-40)51(60)71-31-67-27-42-28-69-42/h3-4,13-26,34-37,42-43H,1-2,5-12,27-31H2. The van der Waals surface area contributed by atoms with Gasteiger partial charge in [0.05, 0.1) is 47.4 Å². The van der Waals surface area contributed by atoms with Gasteiger partial charge in [0.25, 0.3) is 5.69 Å². The number of fused-ring (bicyclic) bond motifs is 1. The van der Waals surface area contributed by atoms with E-state index in [1.54, 1.807) is 12.1 Å². The highest BCUT2D eigenvalue weighted by molar-refractivity contribution is 7.22. The number of nitro groups is 1. The lowest BCUT2D eigenvalue weighted by Crippen LogP contribution is -2.30. The number of hydrogen-bond donors (Lipinski definition) is 0. The Labute approximate surface area is 444 Å². The number of nitrogens with zero attached hydrogens (tertiary/aromatic N) is 2. The van der Waals surface area contributed by atoms with Gasteiger partial charge in [-0.05, 0) is 124 Å². The molecule has 3 fully saturated rings. The van der Waals surface area contributed by atoms with Gasteiger partial charge in [-0.2, -0.15) is 0 Å². The first kappa shape index (κ1) is 54.9. The van der Waals surface area contributed by atoms with Crippen LogP contribution in [-0.2, 0) is 52.5 Å². The molecule has 2 atom stereocenters. The smallest absolute Gasteiger partial charge is 0.340 e. The summed E-state index contributed by atoms with van der Waals surface area (Å²) < 4.78 is 54.8. The first-order chi connectivity index (χ1) is 37.2. The molecule has 5 aromatic rings. The zero-order valence-electron chi connectivity index (χ0n) is 41.4. The Balaban J connectivity index is 0.840. The Hall–Kier alpha value is -8.34. The van der Waals surface area contributed by atoms with Crippen molar-refractivity contribution in [1.29, 1.82) is 0 Å². The van der Waals surface area contributed by atoms with Gasteiger partial charge < -0.3 is 47.4 Å². The van der Waals surface area contributed by atoms with Gasteiger partial charge in [0, 0.05) is 29.8 Å². The summed E-state index contributed by atoms with van der Waals surface area (Å²) in [6.07, 6.45) is 3.80. The minimum Gasteiger partial charge on any atom is -0.490 e. The van der Waals surface area contributed by atoms with E-state index >= 15 is 0 Å². The van der Waals surface area contributed by atoms with Crippen LogP contribution >= 0.6 is 11.3 Å². The van der Waals surface area contributed by atoms with Crippen molar-refractivity contribution in [3.63, 3.8) is 0 Å². The maximum absolute atomic E-state index is 13.7. The third-order valence-corrected chi connectivity index (χ3v) is 13.9. The van der Waals surface area contributed by atoms with E-state index in [2.05, 4.69) is 13.2 Å². The van der Waals surface area contributed by atoms with Gasteiger partial charge in [0.2, 0.25) is 0 Å². The molecule has 402 valence electrons. The van der Waals surface area contributed by atoms with Crippen LogP contribution in [0.4, 0.5) is 5.69 Å². The molecule has 3 aliphatic rings. The van der Waals surface area contributed by atoms with Crippen molar-refractivity contribution in [3.8, 4) is 39.3 Å². The topological polar surface area (TPSA) is 271 Å². The average molecular weight is 1080 g/mol. The summed E-state index contributed by atoms with van der Waals surface area (Å²) in [5.74, 6) is -4.99. The van der Waals surface area contributed by atoms with Gasteiger partial charge in [-0.25, -0.2) is 19.4 Å². The van der Waals surface area contributed by atoms with Crippen molar-refractivity contribution in [3.05, 3.63) is 126 Å². The number of esters is 7. The van der Waals surface area contributed by atoms with E-state index in [1.165, 1.54) is 72.8 Å². The van der Waals surface area contributed by atoms with Crippen LogP contribution < -0.4 is 23.7 Å². The predicted molar refractivity (Wildman–Crippen MR) is 271 cm³/mol. The number of rotatable bonds is 23. The zero-order chi connectivity index (χ0) is 54.4. The van der Waals surface area contributed by atoms with Gasteiger partial charge in [-0.1, -0.05) is 13.2 Å². The minimum absolute atomic E-state index is 0.0411. The van der Waals surface area contributed by atoms with Gasteiger partial charge >= 0.3 is 41.8 Å². The van der Waals surface area contributed by atoms with Crippen LogP contribution in [0.2, 0.25) is 0 Å². The molecule has 22 heteroatoms. The SMILES string of the molecule is C=CC(=O)OCC(COc1ccc(OC(=O)C2CCC(C(=O)Oc3ccc(OC(=O)C4CCC(C(=O)Oc5ccc(C(=O)OCOCC6CO6)cc5)CC4)c4nc(-c5ccc([N+](=O)[O-])cc5)sc34)CC2)cc1)OC(=O)C=C. The van der Waals surface area contributed by atoms with E-state index in [1.807, 2.05) is 0 Å². The molecule has 21 nitrogen and oxygen atoms in total. The largest absolute Gasteiger partial charge is 0.490 e. The van der Waals surface area contributed by atoms with Crippen molar-refractivity contribution in [2.45, 2.75) is 63.6 Å². The van der Waals surface area contributed by atoms with Crippen LogP contribution in [0.3, 0.4) is 0 Å². The molecule has 4 aromatic carbocycles.